The summed E-state index contributed by atoms with van der Waals surface area (Å²) in [5, 5.41) is 12.4. The normalized spacial score (nSPS) is 18.8. The van der Waals surface area contributed by atoms with Crippen LogP contribution in [0.1, 0.15) is 40.5 Å². The Morgan fingerprint density at radius 1 is 1.17 bits per heavy atom. The maximum Gasteiger partial charge on any atom is 0.0584 e. The monoisotopic (exact) mass is 173 g/mol. The molecule has 12 heavy (non-hydrogen) atoms. The quantitative estimate of drug-likeness (QED) is 0.641. The molecule has 0 aliphatic carbocycles. The number of rotatable bonds is 6. The molecule has 0 bridgehead atoms. The van der Waals surface area contributed by atoms with Gasteiger partial charge in [-0.3, -0.25) is 0 Å². The van der Waals surface area contributed by atoms with Crippen LogP contribution in [0.2, 0.25) is 0 Å². The fraction of sp³-hybridized carbons (Fsp3) is 1.00. The second kappa shape index (κ2) is 6.44. The van der Waals surface area contributed by atoms with Crippen molar-refractivity contribution >= 4 is 0 Å². The first-order valence-electron chi connectivity index (χ1n) is 5.02. The smallest absolute Gasteiger partial charge is 0.0584 e. The standard InChI is InChI=1S/C10H23NO/c1-5-8(3)9(4)11-10(6-2)7-12/h8-12H,5-7H2,1-4H3/t8-,9+,10-/m1/s1. The number of hydrogen-bond acceptors (Lipinski definition) is 2. The van der Waals surface area contributed by atoms with Crippen molar-refractivity contribution in [2.75, 3.05) is 6.61 Å². The second-order valence-electron chi connectivity index (χ2n) is 3.63. The Bertz CT molecular complexity index is 102. The molecule has 74 valence electrons. The molecule has 0 aromatic carbocycles. The van der Waals surface area contributed by atoms with Gasteiger partial charge in [0.25, 0.3) is 0 Å². The number of hydrogen-bond donors (Lipinski definition) is 2. The molecule has 0 aliphatic rings. The van der Waals surface area contributed by atoms with Gasteiger partial charge in [0.2, 0.25) is 0 Å². The van der Waals surface area contributed by atoms with E-state index in [4.69, 9.17) is 5.11 Å². The van der Waals surface area contributed by atoms with Crippen molar-refractivity contribution in [2.45, 2.75) is 52.6 Å². The molecule has 0 saturated carbocycles. The Kier molecular flexibility index (Phi) is 6.39. The predicted molar refractivity (Wildman–Crippen MR) is 53.2 cm³/mol. The lowest BCUT2D eigenvalue weighted by molar-refractivity contribution is 0.216. The summed E-state index contributed by atoms with van der Waals surface area (Å²) >= 11 is 0. The van der Waals surface area contributed by atoms with Crippen LogP contribution < -0.4 is 5.32 Å². The van der Waals surface area contributed by atoms with Gasteiger partial charge < -0.3 is 10.4 Å². The third kappa shape index (κ3) is 4.07. The first-order chi connectivity index (χ1) is 5.65. The molecule has 0 heterocycles. The van der Waals surface area contributed by atoms with Crippen LogP contribution in [-0.2, 0) is 0 Å². The highest BCUT2D eigenvalue weighted by atomic mass is 16.3. The van der Waals surface area contributed by atoms with Crippen molar-refractivity contribution in [1.29, 1.82) is 0 Å². The first kappa shape index (κ1) is 11.9. The summed E-state index contributed by atoms with van der Waals surface area (Å²) in [6.07, 6.45) is 2.19. The summed E-state index contributed by atoms with van der Waals surface area (Å²) in [5.74, 6) is 0.686. The van der Waals surface area contributed by atoms with Crippen LogP contribution in [-0.4, -0.2) is 23.8 Å². The third-order valence-corrected chi connectivity index (χ3v) is 2.71. The summed E-state index contributed by atoms with van der Waals surface area (Å²) in [4.78, 5) is 0. The lowest BCUT2D eigenvalue weighted by Crippen LogP contribution is -2.41. The molecule has 0 aliphatic heterocycles. The van der Waals surface area contributed by atoms with Gasteiger partial charge in [0.1, 0.15) is 0 Å². The van der Waals surface area contributed by atoms with E-state index in [9.17, 15) is 0 Å². The Morgan fingerprint density at radius 2 is 1.75 bits per heavy atom. The van der Waals surface area contributed by atoms with Crippen LogP contribution in [0.4, 0.5) is 0 Å². The maximum absolute atomic E-state index is 8.97. The second-order valence-corrected chi connectivity index (χ2v) is 3.63. The molecular weight excluding hydrogens is 150 g/mol. The minimum Gasteiger partial charge on any atom is -0.395 e. The van der Waals surface area contributed by atoms with Crippen molar-refractivity contribution < 1.29 is 5.11 Å². The number of aliphatic hydroxyl groups excluding tert-OH is 1. The van der Waals surface area contributed by atoms with E-state index in [0.29, 0.717) is 12.0 Å². The average Bonchev–Trinajstić information content (AvgIpc) is 2.12. The molecule has 0 spiro atoms. The summed E-state index contributed by atoms with van der Waals surface area (Å²) in [6.45, 7) is 8.96. The zero-order valence-electron chi connectivity index (χ0n) is 8.80. The van der Waals surface area contributed by atoms with Crippen LogP contribution in [0.3, 0.4) is 0 Å². The summed E-state index contributed by atoms with van der Waals surface area (Å²) in [6, 6.07) is 0.779. The van der Waals surface area contributed by atoms with Crippen molar-refractivity contribution in [3.05, 3.63) is 0 Å². The van der Waals surface area contributed by atoms with Crippen LogP contribution in [0.15, 0.2) is 0 Å². The molecule has 0 amide bonds. The molecule has 2 N–H and O–H groups in total. The SMILES string of the molecule is CC[C@H](CO)N[C@@H](C)[C@H](C)CC. The van der Waals surface area contributed by atoms with Gasteiger partial charge in [-0.1, -0.05) is 27.2 Å². The van der Waals surface area contributed by atoms with E-state index in [-0.39, 0.29) is 12.6 Å². The van der Waals surface area contributed by atoms with Gasteiger partial charge in [0, 0.05) is 12.1 Å². The van der Waals surface area contributed by atoms with Gasteiger partial charge in [0.05, 0.1) is 6.61 Å². The van der Waals surface area contributed by atoms with Crippen molar-refractivity contribution in [2.24, 2.45) is 5.92 Å². The number of nitrogens with one attached hydrogen (secondary N) is 1. The number of aliphatic hydroxyl groups is 1. The van der Waals surface area contributed by atoms with Crippen molar-refractivity contribution in [3.8, 4) is 0 Å². The zero-order valence-corrected chi connectivity index (χ0v) is 8.80. The van der Waals surface area contributed by atoms with Gasteiger partial charge in [-0.05, 0) is 19.3 Å². The molecule has 0 unspecified atom stereocenters. The topological polar surface area (TPSA) is 32.3 Å². The third-order valence-electron chi connectivity index (χ3n) is 2.71. The molecule has 0 rings (SSSR count). The van der Waals surface area contributed by atoms with Crippen LogP contribution in [0.25, 0.3) is 0 Å². The van der Waals surface area contributed by atoms with Crippen LogP contribution in [0, 0.1) is 5.92 Å². The first-order valence-corrected chi connectivity index (χ1v) is 5.02. The van der Waals surface area contributed by atoms with E-state index in [1.165, 1.54) is 6.42 Å². The highest BCUT2D eigenvalue weighted by molar-refractivity contribution is 4.72. The minimum absolute atomic E-state index is 0.247. The molecular formula is C10H23NO. The van der Waals surface area contributed by atoms with E-state index >= 15 is 0 Å². The Balaban J connectivity index is 3.72. The van der Waals surface area contributed by atoms with E-state index in [0.717, 1.165) is 6.42 Å². The van der Waals surface area contributed by atoms with Gasteiger partial charge in [-0.25, -0.2) is 0 Å². The van der Waals surface area contributed by atoms with E-state index < -0.39 is 0 Å². The van der Waals surface area contributed by atoms with Gasteiger partial charge in [-0.2, -0.15) is 0 Å². The Morgan fingerprint density at radius 3 is 2.08 bits per heavy atom. The van der Waals surface area contributed by atoms with Gasteiger partial charge >= 0.3 is 0 Å². The van der Waals surface area contributed by atoms with Crippen LogP contribution in [0.5, 0.6) is 0 Å². The van der Waals surface area contributed by atoms with Crippen molar-refractivity contribution in [1.82, 2.24) is 5.32 Å². The van der Waals surface area contributed by atoms with E-state index in [1.807, 2.05) is 0 Å². The summed E-state index contributed by atoms with van der Waals surface area (Å²) in [7, 11) is 0. The summed E-state index contributed by atoms with van der Waals surface area (Å²) in [5.41, 5.74) is 0. The molecule has 2 nitrogen and oxygen atoms in total. The largest absolute Gasteiger partial charge is 0.395 e. The van der Waals surface area contributed by atoms with Crippen LogP contribution >= 0.6 is 0 Å². The van der Waals surface area contributed by atoms with E-state index in [1.54, 1.807) is 0 Å². The summed E-state index contributed by atoms with van der Waals surface area (Å²) < 4.78 is 0. The fourth-order valence-corrected chi connectivity index (χ4v) is 1.19. The molecule has 2 heteroatoms. The maximum atomic E-state index is 8.97. The van der Waals surface area contributed by atoms with Crippen molar-refractivity contribution in [3.63, 3.8) is 0 Å². The predicted octanol–water partition coefficient (Wildman–Crippen LogP) is 1.78. The van der Waals surface area contributed by atoms with Gasteiger partial charge in [-0.15, -0.1) is 0 Å². The minimum atomic E-state index is 0.247. The molecule has 0 aromatic rings. The van der Waals surface area contributed by atoms with Gasteiger partial charge in [0.15, 0.2) is 0 Å². The highest BCUT2D eigenvalue weighted by Gasteiger charge is 2.13. The molecule has 0 saturated heterocycles. The molecule has 0 fully saturated rings. The fourth-order valence-electron chi connectivity index (χ4n) is 1.19. The average molecular weight is 173 g/mol. The molecule has 0 aromatic heterocycles. The Labute approximate surface area is 76.4 Å². The lowest BCUT2D eigenvalue weighted by atomic mass is 10.00. The molecule has 0 radical (unpaired) electrons. The highest BCUT2D eigenvalue weighted by Crippen LogP contribution is 2.07. The lowest BCUT2D eigenvalue weighted by Gasteiger charge is -2.24. The molecule has 3 atom stereocenters. The Hall–Kier alpha value is -0.0800. The van der Waals surface area contributed by atoms with E-state index in [2.05, 4.69) is 33.0 Å². The zero-order chi connectivity index (χ0) is 9.56.